The van der Waals surface area contributed by atoms with Crippen LogP contribution in [-0.4, -0.2) is 48.0 Å². The van der Waals surface area contributed by atoms with Gasteiger partial charge in [0.05, 0.1) is 18.8 Å². The second-order valence-corrected chi connectivity index (χ2v) is 5.17. The summed E-state index contributed by atoms with van der Waals surface area (Å²) in [5.41, 5.74) is 0.668. The number of aliphatic hydroxyl groups excluding tert-OH is 1. The lowest BCUT2D eigenvalue weighted by Gasteiger charge is -2.21. The topological polar surface area (TPSA) is 66.8 Å². The van der Waals surface area contributed by atoms with Crippen molar-refractivity contribution < 1.29 is 19.4 Å². The molecule has 1 unspecified atom stereocenters. The molecule has 0 bridgehead atoms. The molecule has 0 saturated carbocycles. The Labute approximate surface area is 131 Å². The number of hydrogen-bond acceptors (Lipinski definition) is 4. The van der Waals surface area contributed by atoms with E-state index in [0.717, 1.165) is 0 Å². The Kier molecular flexibility index (Phi) is 7.05. The van der Waals surface area contributed by atoms with Crippen LogP contribution in [0.1, 0.15) is 54.3 Å². The number of ether oxygens (including phenoxy) is 1. The molecule has 0 aliphatic rings. The van der Waals surface area contributed by atoms with Crippen LogP contribution in [-0.2, 0) is 0 Å². The summed E-state index contributed by atoms with van der Waals surface area (Å²) in [6, 6.07) is 5.03. The fraction of sp³-hybridized carbons (Fsp3) is 0.529. The summed E-state index contributed by atoms with van der Waals surface area (Å²) in [5.74, 6) is 0.0398. The molecule has 0 heterocycles. The highest BCUT2D eigenvalue weighted by atomic mass is 16.5. The molecule has 0 aliphatic carbocycles. The van der Waals surface area contributed by atoms with Crippen molar-refractivity contribution >= 4 is 11.7 Å². The molecule has 5 heteroatoms. The third kappa shape index (κ3) is 4.31. The fourth-order valence-electron chi connectivity index (χ4n) is 2.30. The number of hydrogen-bond donors (Lipinski definition) is 1. The lowest BCUT2D eigenvalue weighted by molar-refractivity contribution is 0.0762. The average molecular weight is 307 g/mol. The quantitative estimate of drug-likeness (QED) is 0.749. The van der Waals surface area contributed by atoms with Gasteiger partial charge >= 0.3 is 0 Å². The molecule has 0 fully saturated rings. The normalized spacial score (nSPS) is 11.9. The molecular weight excluding hydrogens is 282 g/mol. The maximum atomic E-state index is 12.7. The van der Waals surface area contributed by atoms with Gasteiger partial charge in [0, 0.05) is 25.1 Å². The standard InChI is InChI=1S/C17H25NO4/c1-5-18(6-2)17(21)16-13(8-7-9-15(16)22-4)14(20)11-10-12(3)19/h7-9,12,19H,5-6,10-11H2,1-4H3. The number of amides is 1. The first-order chi connectivity index (χ1) is 10.5. The zero-order valence-corrected chi connectivity index (χ0v) is 13.8. The van der Waals surface area contributed by atoms with Crippen LogP contribution in [0.4, 0.5) is 0 Å². The van der Waals surface area contributed by atoms with Crippen LogP contribution in [0, 0.1) is 0 Å². The Balaban J connectivity index is 3.22. The summed E-state index contributed by atoms with van der Waals surface area (Å²) in [5, 5.41) is 9.34. The summed E-state index contributed by atoms with van der Waals surface area (Å²) in [6.45, 7) is 6.56. The molecule has 122 valence electrons. The van der Waals surface area contributed by atoms with Crippen molar-refractivity contribution in [3.8, 4) is 5.75 Å². The number of benzene rings is 1. The van der Waals surface area contributed by atoms with E-state index in [9.17, 15) is 14.7 Å². The minimum Gasteiger partial charge on any atom is -0.496 e. The van der Waals surface area contributed by atoms with Crippen LogP contribution in [0.3, 0.4) is 0 Å². The Bertz CT molecular complexity index is 521. The van der Waals surface area contributed by atoms with Gasteiger partial charge < -0.3 is 14.7 Å². The fourth-order valence-corrected chi connectivity index (χ4v) is 2.30. The van der Waals surface area contributed by atoms with Crippen LogP contribution >= 0.6 is 0 Å². The maximum Gasteiger partial charge on any atom is 0.258 e. The zero-order valence-electron chi connectivity index (χ0n) is 13.8. The molecule has 0 aliphatic heterocycles. The van der Waals surface area contributed by atoms with Crippen LogP contribution in [0.15, 0.2) is 18.2 Å². The lowest BCUT2D eigenvalue weighted by Crippen LogP contribution is -2.32. The molecule has 0 aromatic heterocycles. The molecule has 1 aromatic carbocycles. The van der Waals surface area contributed by atoms with Crippen LogP contribution < -0.4 is 4.74 Å². The number of methoxy groups -OCH3 is 1. The van der Waals surface area contributed by atoms with Crippen molar-refractivity contribution in [2.24, 2.45) is 0 Å². The first-order valence-electron chi connectivity index (χ1n) is 7.63. The largest absolute Gasteiger partial charge is 0.496 e. The van der Waals surface area contributed by atoms with Gasteiger partial charge in [-0.2, -0.15) is 0 Å². The predicted molar refractivity (Wildman–Crippen MR) is 85.5 cm³/mol. The van der Waals surface area contributed by atoms with Gasteiger partial charge in [0.15, 0.2) is 5.78 Å². The van der Waals surface area contributed by atoms with E-state index in [2.05, 4.69) is 0 Å². The van der Waals surface area contributed by atoms with Crippen molar-refractivity contribution in [3.05, 3.63) is 29.3 Å². The smallest absolute Gasteiger partial charge is 0.258 e. The highest BCUT2D eigenvalue weighted by Gasteiger charge is 2.24. The first kappa shape index (κ1) is 18.2. The van der Waals surface area contributed by atoms with E-state index >= 15 is 0 Å². The Morgan fingerprint density at radius 1 is 1.27 bits per heavy atom. The van der Waals surface area contributed by atoms with Gasteiger partial charge in [-0.15, -0.1) is 0 Å². The Morgan fingerprint density at radius 3 is 2.41 bits per heavy atom. The zero-order chi connectivity index (χ0) is 16.7. The number of aliphatic hydroxyl groups is 1. The van der Waals surface area contributed by atoms with E-state index in [4.69, 9.17) is 4.74 Å². The van der Waals surface area contributed by atoms with E-state index < -0.39 is 6.10 Å². The van der Waals surface area contributed by atoms with Crippen molar-refractivity contribution in [2.45, 2.75) is 39.7 Å². The third-order valence-electron chi connectivity index (χ3n) is 3.60. The number of carbonyl (C=O) groups is 2. The monoisotopic (exact) mass is 307 g/mol. The molecule has 1 N–H and O–H groups in total. The lowest BCUT2D eigenvalue weighted by atomic mass is 9.97. The molecule has 1 rings (SSSR count). The van der Waals surface area contributed by atoms with Gasteiger partial charge in [-0.3, -0.25) is 9.59 Å². The highest BCUT2D eigenvalue weighted by molar-refractivity contribution is 6.09. The summed E-state index contributed by atoms with van der Waals surface area (Å²) >= 11 is 0. The van der Waals surface area contributed by atoms with E-state index in [0.29, 0.717) is 36.4 Å². The van der Waals surface area contributed by atoms with Crippen LogP contribution in [0.5, 0.6) is 5.75 Å². The van der Waals surface area contributed by atoms with E-state index in [1.165, 1.54) is 7.11 Å². The summed E-state index contributed by atoms with van der Waals surface area (Å²) in [4.78, 5) is 26.8. The summed E-state index contributed by atoms with van der Waals surface area (Å²) in [6.07, 6.45) is 0.0229. The van der Waals surface area contributed by atoms with E-state index in [1.807, 2.05) is 13.8 Å². The SMILES string of the molecule is CCN(CC)C(=O)c1c(OC)cccc1C(=O)CCC(C)O. The summed E-state index contributed by atoms with van der Waals surface area (Å²) in [7, 11) is 1.48. The predicted octanol–water partition coefficient (Wildman–Crippen LogP) is 2.52. The number of carbonyl (C=O) groups excluding carboxylic acids is 2. The molecule has 5 nitrogen and oxygen atoms in total. The maximum absolute atomic E-state index is 12.7. The van der Waals surface area contributed by atoms with Crippen molar-refractivity contribution in [1.82, 2.24) is 4.90 Å². The number of nitrogens with zero attached hydrogens (tertiary/aromatic N) is 1. The molecular formula is C17H25NO4. The minimum absolute atomic E-state index is 0.157. The molecule has 0 spiro atoms. The number of rotatable bonds is 8. The van der Waals surface area contributed by atoms with Gasteiger partial charge in [0.2, 0.25) is 0 Å². The molecule has 0 saturated heterocycles. The molecule has 1 amide bonds. The Hall–Kier alpha value is -1.88. The van der Waals surface area contributed by atoms with Crippen LogP contribution in [0.25, 0.3) is 0 Å². The van der Waals surface area contributed by atoms with Crippen molar-refractivity contribution in [3.63, 3.8) is 0 Å². The molecule has 1 atom stereocenters. The van der Waals surface area contributed by atoms with Gasteiger partial charge in [0.1, 0.15) is 5.75 Å². The van der Waals surface area contributed by atoms with Gasteiger partial charge in [-0.25, -0.2) is 0 Å². The summed E-state index contributed by atoms with van der Waals surface area (Å²) < 4.78 is 5.27. The van der Waals surface area contributed by atoms with Crippen LogP contribution in [0.2, 0.25) is 0 Å². The number of ketones is 1. The van der Waals surface area contributed by atoms with E-state index in [1.54, 1.807) is 30.0 Å². The molecule has 1 aromatic rings. The molecule has 0 radical (unpaired) electrons. The third-order valence-corrected chi connectivity index (χ3v) is 3.60. The molecule has 22 heavy (non-hydrogen) atoms. The minimum atomic E-state index is -0.545. The second kappa shape index (κ2) is 8.54. The van der Waals surface area contributed by atoms with Gasteiger partial charge in [0.25, 0.3) is 5.91 Å². The van der Waals surface area contributed by atoms with Crippen molar-refractivity contribution in [2.75, 3.05) is 20.2 Å². The Morgan fingerprint density at radius 2 is 1.91 bits per heavy atom. The first-order valence-corrected chi connectivity index (χ1v) is 7.63. The van der Waals surface area contributed by atoms with Gasteiger partial charge in [-0.1, -0.05) is 12.1 Å². The number of Topliss-reactive ketones (excluding diaryl/α,β-unsaturated/α-hetero) is 1. The highest BCUT2D eigenvalue weighted by Crippen LogP contribution is 2.25. The van der Waals surface area contributed by atoms with Gasteiger partial charge in [-0.05, 0) is 33.3 Å². The average Bonchev–Trinajstić information content (AvgIpc) is 2.52. The van der Waals surface area contributed by atoms with Crippen molar-refractivity contribution in [1.29, 1.82) is 0 Å². The van der Waals surface area contributed by atoms with E-state index in [-0.39, 0.29) is 18.1 Å². The second-order valence-electron chi connectivity index (χ2n) is 5.17.